The van der Waals surface area contributed by atoms with Gasteiger partial charge in [0.1, 0.15) is 0 Å². The number of hydrogen-bond donors (Lipinski definition) is 1. The lowest BCUT2D eigenvalue weighted by atomic mass is 10.2. The maximum atomic E-state index is 5.79. The SMILES string of the molecule is NCC1CCCN1c1nc2c(s1)CCC2. The number of rotatable bonds is 2. The summed E-state index contributed by atoms with van der Waals surface area (Å²) in [5, 5.41) is 1.23. The van der Waals surface area contributed by atoms with Crippen molar-refractivity contribution in [3.63, 3.8) is 0 Å². The van der Waals surface area contributed by atoms with Crippen molar-refractivity contribution in [2.75, 3.05) is 18.0 Å². The Balaban J connectivity index is 1.86. The third-order valence-electron chi connectivity index (χ3n) is 3.48. The quantitative estimate of drug-likeness (QED) is 0.827. The van der Waals surface area contributed by atoms with Crippen molar-refractivity contribution < 1.29 is 0 Å². The molecule has 1 aliphatic carbocycles. The van der Waals surface area contributed by atoms with Crippen LogP contribution in [0.15, 0.2) is 0 Å². The molecule has 2 N–H and O–H groups in total. The Kier molecular flexibility index (Phi) is 2.41. The van der Waals surface area contributed by atoms with Gasteiger partial charge < -0.3 is 10.6 Å². The van der Waals surface area contributed by atoms with Gasteiger partial charge in [-0.1, -0.05) is 0 Å². The number of nitrogens with zero attached hydrogens (tertiary/aromatic N) is 2. The van der Waals surface area contributed by atoms with Gasteiger partial charge in [-0.3, -0.25) is 0 Å². The first kappa shape index (κ1) is 9.60. The largest absolute Gasteiger partial charge is 0.344 e. The summed E-state index contributed by atoms with van der Waals surface area (Å²) in [5.41, 5.74) is 7.15. The number of aryl methyl sites for hydroxylation is 2. The molecule has 3 rings (SSSR count). The first-order valence-corrected chi connectivity index (χ1v) is 6.65. The number of aromatic nitrogens is 1. The second kappa shape index (κ2) is 3.76. The molecule has 2 heterocycles. The molecular weight excluding hydrogens is 206 g/mol. The molecule has 2 aliphatic rings. The highest BCUT2D eigenvalue weighted by Crippen LogP contribution is 2.35. The molecule has 3 nitrogen and oxygen atoms in total. The van der Waals surface area contributed by atoms with Crippen LogP contribution in [0, 0.1) is 0 Å². The fourth-order valence-electron chi connectivity index (χ4n) is 2.63. The Morgan fingerprint density at radius 2 is 2.33 bits per heavy atom. The number of hydrogen-bond acceptors (Lipinski definition) is 4. The Hall–Kier alpha value is -0.610. The van der Waals surface area contributed by atoms with Crippen LogP contribution in [-0.2, 0) is 12.8 Å². The summed E-state index contributed by atoms with van der Waals surface area (Å²) in [7, 11) is 0. The molecule has 1 fully saturated rings. The molecule has 0 bridgehead atoms. The Labute approximate surface area is 94.3 Å². The Morgan fingerprint density at radius 3 is 3.13 bits per heavy atom. The molecule has 0 saturated carbocycles. The van der Waals surface area contributed by atoms with E-state index < -0.39 is 0 Å². The monoisotopic (exact) mass is 223 g/mol. The van der Waals surface area contributed by atoms with E-state index in [2.05, 4.69) is 4.90 Å². The zero-order valence-electron chi connectivity index (χ0n) is 8.91. The van der Waals surface area contributed by atoms with Crippen molar-refractivity contribution in [2.45, 2.75) is 38.1 Å². The lowest BCUT2D eigenvalue weighted by molar-refractivity contribution is 0.675. The molecule has 1 atom stereocenters. The lowest BCUT2D eigenvalue weighted by Gasteiger charge is -2.22. The van der Waals surface area contributed by atoms with E-state index in [4.69, 9.17) is 10.7 Å². The summed E-state index contributed by atoms with van der Waals surface area (Å²) in [6, 6.07) is 0.538. The van der Waals surface area contributed by atoms with Gasteiger partial charge in [-0.05, 0) is 32.1 Å². The molecule has 1 unspecified atom stereocenters. The molecule has 82 valence electrons. The van der Waals surface area contributed by atoms with Crippen LogP contribution in [0.1, 0.15) is 29.8 Å². The van der Waals surface area contributed by atoms with Gasteiger partial charge in [0, 0.05) is 24.0 Å². The van der Waals surface area contributed by atoms with Gasteiger partial charge in [0.25, 0.3) is 0 Å². The van der Waals surface area contributed by atoms with Gasteiger partial charge in [-0.15, -0.1) is 11.3 Å². The van der Waals surface area contributed by atoms with Crippen molar-refractivity contribution >= 4 is 16.5 Å². The minimum absolute atomic E-state index is 0.538. The van der Waals surface area contributed by atoms with Crippen LogP contribution in [-0.4, -0.2) is 24.1 Å². The van der Waals surface area contributed by atoms with Gasteiger partial charge in [-0.2, -0.15) is 0 Å². The molecule has 0 amide bonds. The van der Waals surface area contributed by atoms with Crippen molar-refractivity contribution in [3.05, 3.63) is 10.6 Å². The summed E-state index contributed by atoms with van der Waals surface area (Å²) in [6.07, 6.45) is 6.24. The highest BCUT2D eigenvalue weighted by Gasteiger charge is 2.27. The molecule has 4 heteroatoms. The van der Waals surface area contributed by atoms with Gasteiger partial charge >= 0.3 is 0 Å². The normalized spacial score (nSPS) is 24.9. The van der Waals surface area contributed by atoms with E-state index in [0.29, 0.717) is 6.04 Å². The highest BCUT2D eigenvalue weighted by molar-refractivity contribution is 7.15. The van der Waals surface area contributed by atoms with Crippen molar-refractivity contribution in [1.29, 1.82) is 0 Å². The minimum Gasteiger partial charge on any atom is -0.344 e. The summed E-state index contributed by atoms with van der Waals surface area (Å²) in [4.78, 5) is 8.70. The highest BCUT2D eigenvalue weighted by atomic mass is 32.1. The summed E-state index contributed by atoms with van der Waals surface area (Å²) < 4.78 is 0. The fraction of sp³-hybridized carbons (Fsp3) is 0.727. The molecule has 1 aromatic rings. The van der Waals surface area contributed by atoms with Gasteiger partial charge in [0.2, 0.25) is 0 Å². The van der Waals surface area contributed by atoms with E-state index in [9.17, 15) is 0 Å². The van der Waals surface area contributed by atoms with E-state index in [1.165, 1.54) is 47.8 Å². The van der Waals surface area contributed by atoms with E-state index in [1.807, 2.05) is 11.3 Å². The van der Waals surface area contributed by atoms with Crippen LogP contribution in [0.25, 0.3) is 0 Å². The predicted octanol–water partition coefficient (Wildman–Crippen LogP) is 1.56. The van der Waals surface area contributed by atoms with E-state index in [0.717, 1.165) is 13.1 Å². The van der Waals surface area contributed by atoms with Crippen LogP contribution in [0.5, 0.6) is 0 Å². The molecule has 15 heavy (non-hydrogen) atoms. The number of thiazole rings is 1. The zero-order chi connectivity index (χ0) is 10.3. The van der Waals surface area contributed by atoms with E-state index in [-0.39, 0.29) is 0 Å². The van der Waals surface area contributed by atoms with Gasteiger partial charge in [0.15, 0.2) is 5.13 Å². The average molecular weight is 223 g/mol. The first-order chi connectivity index (χ1) is 7.38. The van der Waals surface area contributed by atoms with E-state index >= 15 is 0 Å². The smallest absolute Gasteiger partial charge is 0.186 e. The second-order valence-electron chi connectivity index (χ2n) is 4.45. The number of nitrogens with two attached hydrogens (primary N) is 1. The van der Waals surface area contributed by atoms with Crippen LogP contribution < -0.4 is 10.6 Å². The Bertz CT molecular complexity index is 339. The standard InChI is InChI=1S/C11H17N3S/c12-7-8-3-2-6-14(8)11-13-9-4-1-5-10(9)15-11/h8H,1-7,12H2. The van der Waals surface area contributed by atoms with Crippen LogP contribution in [0.2, 0.25) is 0 Å². The third-order valence-corrected chi connectivity index (χ3v) is 4.67. The van der Waals surface area contributed by atoms with Crippen LogP contribution in [0.4, 0.5) is 5.13 Å². The summed E-state index contributed by atoms with van der Waals surface area (Å²) in [5.74, 6) is 0. The van der Waals surface area contributed by atoms with Crippen molar-refractivity contribution in [2.24, 2.45) is 5.73 Å². The molecule has 0 aromatic carbocycles. The minimum atomic E-state index is 0.538. The first-order valence-electron chi connectivity index (χ1n) is 5.84. The number of fused-ring (bicyclic) bond motifs is 1. The lowest BCUT2D eigenvalue weighted by Crippen LogP contribution is -2.35. The molecule has 0 spiro atoms. The van der Waals surface area contributed by atoms with Crippen molar-refractivity contribution in [3.8, 4) is 0 Å². The molecule has 0 radical (unpaired) electrons. The average Bonchev–Trinajstić information content (AvgIpc) is 2.91. The zero-order valence-corrected chi connectivity index (χ0v) is 9.72. The van der Waals surface area contributed by atoms with Gasteiger partial charge in [-0.25, -0.2) is 4.98 Å². The van der Waals surface area contributed by atoms with Crippen LogP contribution in [0.3, 0.4) is 0 Å². The molecular formula is C11H17N3S. The van der Waals surface area contributed by atoms with Gasteiger partial charge in [0.05, 0.1) is 5.69 Å². The Morgan fingerprint density at radius 1 is 1.40 bits per heavy atom. The molecule has 1 aliphatic heterocycles. The second-order valence-corrected chi connectivity index (χ2v) is 5.51. The fourth-order valence-corrected chi connectivity index (χ4v) is 3.88. The maximum absolute atomic E-state index is 5.79. The predicted molar refractivity (Wildman–Crippen MR) is 63.6 cm³/mol. The topological polar surface area (TPSA) is 42.1 Å². The summed E-state index contributed by atoms with van der Waals surface area (Å²) in [6.45, 7) is 1.92. The molecule has 1 aromatic heterocycles. The van der Waals surface area contributed by atoms with Crippen molar-refractivity contribution in [1.82, 2.24) is 4.98 Å². The van der Waals surface area contributed by atoms with E-state index in [1.54, 1.807) is 0 Å². The summed E-state index contributed by atoms with van der Waals surface area (Å²) >= 11 is 1.90. The third kappa shape index (κ3) is 1.56. The number of anilines is 1. The van der Waals surface area contributed by atoms with Crippen LogP contribution >= 0.6 is 11.3 Å². The molecule has 1 saturated heterocycles. The maximum Gasteiger partial charge on any atom is 0.186 e.